The van der Waals surface area contributed by atoms with Gasteiger partial charge in [0.1, 0.15) is 0 Å². The molecule has 1 fully saturated rings. The summed E-state index contributed by atoms with van der Waals surface area (Å²) in [6, 6.07) is 0.276. The van der Waals surface area contributed by atoms with Crippen LogP contribution >= 0.6 is 11.6 Å². The number of nitrogens with one attached hydrogen (secondary N) is 1. The number of rotatable bonds is 7. The lowest BCUT2D eigenvalue weighted by Gasteiger charge is -2.34. The summed E-state index contributed by atoms with van der Waals surface area (Å²) in [6.45, 7) is 8.36. The van der Waals surface area contributed by atoms with E-state index in [1.807, 2.05) is 11.7 Å². The van der Waals surface area contributed by atoms with Crippen LogP contribution in [0.1, 0.15) is 51.4 Å². The number of hydrogen-bond acceptors (Lipinski definition) is 3. The second-order valence-electron chi connectivity index (χ2n) is 6.16. The van der Waals surface area contributed by atoms with Crippen LogP contribution in [0.2, 0.25) is 5.02 Å². The Kier molecular flexibility index (Phi) is 5.69. The van der Waals surface area contributed by atoms with E-state index in [9.17, 15) is 0 Å². The van der Waals surface area contributed by atoms with E-state index < -0.39 is 0 Å². The van der Waals surface area contributed by atoms with Crippen LogP contribution in [0.15, 0.2) is 0 Å². The van der Waals surface area contributed by atoms with Crippen LogP contribution in [0.4, 0.5) is 0 Å². The van der Waals surface area contributed by atoms with Gasteiger partial charge < -0.3 is 10.1 Å². The predicted octanol–water partition coefficient (Wildman–Crippen LogP) is 3.12. The fourth-order valence-electron chi connectivity index (χ4n) is 3.13. The summed E-state index contributed by atoms with van der Waals surface area (Å²) in [5.74, 6) is 0. The standard InChI is InChI=1S/C16H28ClN3O/c1-5-9-18-14(16(3)8-7-10-21-16)11-13-15(17)12(6-2)19-20(13)4/h14,18H,5-11H2,1-4H3. The number of hydrogen-bond donors (Lipinski definition) is 1. The lowest BCUT2D eigenvalue weighted by Crippen LogP contribution is -2.50. The van der Waals surface area contributed by atoms with E-state index in [-0.39, 0.29) is 11.6 Å². The number of ether oxygens (including phenoxy) is 1. The Labute approximate surface area is 133 Å². The van der Waals surface area contributed by atoms with Gasteiger partial charge in [-0.15, -0.1) is 0 Å². The van der Waals surface area contributed by atoms with Crippen LogP contribution in [0.5, 0.6) is 0 Å². The first-order valence-corrected chi connectivity index (χ1v) is 8.47. The average molecular weight is 314 g/mol. The zero-order valence-electron chi connectivity index (χ0n) is 13.7. The van der Waals surface area contributed by atoms with Crippen molar-refractivity contribution in [1.82, 2.24) is 15.1 Å². The number of aryl methyl sites for hydroxylation is 2. The fraction of sp³-hybridized carbons (Fsp3) is 0.812. The van der Waals surface area contributed by atoms with Crippen molar-refractivity contribution in [3.05, 3.63) is 16.4 Å². The Morgan fingerprint density at radius 1 is 1.48 bits per heavy atom. The van der Waals surface area contributed by atoms with Crippen LogP contribution < -0.4 is 5.32 Å². The van der Waals surface area contributed by atoms with Gasteiger partial charge in [0.25, 0.3) is 0 Å². The highest BCUT2D eigenvalue weighted by atomic mass is 35.5. The van der Waals surface area contributed by atoms with Gasteiger partial charge in [0, 0.05) is 26.1 Å². The van der Waals surface area contributed by atoms with Gasteiger partial charge in [-0.3, -0.25) is 4.68 Å². The molecular formula is C16H28ClN3O. The first-order chi connectivity index (χ1) is 10.0. The summed E-state index contributed by atoms with van der Waals surface area (Å²) in [5.41, 5.74) is 1.99. The molecule has 5 heteroatoms. The summed E-state index contributed by atoms with van der Waals surface area (Å²) in [7, 11) is 1.98. The maximum absolute atomic E-state index is 6.51. The number of halogens is 1. The Morgan fingerprint density at radius 2 is 2.24 bits per heavy atom. The lowest BCUT2D eigenvalue weighted by atomic mass is 9.89. The van der Waals surface area contributed by atoms with Crippen LogP contribution in [-0.4, -0.2) is 34.6 Å². The van der Waals surface area contributed by atoms with Gasteiger partial charge in [-0.1, -0.05) is 25.4 Å². The van der Waals surface area contributed by atoms with Crippen molar-refractivity contribution in [2.24, 2.45) is 7.05 Å². The molecule has 0 amide bonds. The molecule has 1 saturated heterocycles. The minimum absolute atomic E-state index is 0.102. The minimum Gasteiger partial charge on any atom is -0.374 e. The summed E-state index contributed by atoms with van der Waals surface area (Å²) in [4.78, 5) is 0. The molecule has 120 valence electrons. The molecule has 1 N–H and O–H groups in total. The quantitative estimate of drug-likeness (QED) is 0.840. The molecule has 2 unspecified atom stereocenters. The highest BCUT2D eigenvalue weighted by Crippen LogP contribution is 2.32. The maximum atomic E-state index is 6.51. The molecule has 0 bridgehead atoms. The highest BCUT2D eigenvalue weighted by molar-refractivity contribution is 6.31. The molecule has 1 aromatic heterocycles. The Morgan fingerprint density at radius 3 is 2.76 bits per heavy atom. The molecule has 0 spiro atoms. The molecule has 21 heavy (non-hydrogen) atoms. The van der Waals surface area contributed by atoms with Crippen LogP contribution in [0.25, 0.3) is 0 Å². The molecule has 1 aliphatic rings. The molecule has 0 saturated carbocycles. The first kappa shape index (κ1) is 16.8. The fourth-order valence-corrected chi connectivity index (χ4v) is 3.50. The second kappa shape index (κ2) is 7.12. The topological polar surface area (TPSA) is 39.1 Å². The number of aromatic nitrogens is 2. The summed E-state index contributed by atoms with van der Waals surface area (Å²) in [6.07, 6.45) is 5.09. The molecule has 0 aromatic carbocycles. The minimum atomic E-state index is -0.102. The highest BCUT2D eigenvalue weighted by Gasteiger charge is 2.39. The van der Waals surface area contributed by atoms with Gasteiger partial charge in [-0.05, 0) is 39.2 Å². The van der Waals surface area contributed by atoms with Crippen molar-refractivity contribution in [3.8, 4) is 0 Å². The summed E-state index contributed by atoms with van der Waals surface area (Å²) >= 11 is 6.51. The molecule has 4 nitrogen and oxygen atoms in total. The molecular weight excluding hydrogens is 286 g/mol. The van der Waals surface area contributed by atoms with Crippen molar-refractivity contribution < 1.29 is 4.74 Å². The first-order valence-electron chi connectivity index (χ1n) is 8.09. The van der Waals surface area contributed by atoms with Gasteiger partial charge >= 0.3 is 0 Å². The molecule has 1 aromatic rings. The van der Waals surface area contributed by atoms with E-state index in [1.165, 1.54) is 0 Å². The molecule has 2 atom stereocenters. The van der Waals surface area contributed by atoms with E-state index in [4.69, 9.17) is 16.3 Å². The maximum Gasteiger partial charge on any atom is 0.0850 e. The molecule has 0 radical (unpaired) electrons. The van der Waals surface area contributed by atoms with Crippen LogP contribution in [0, 0.1) is 0 Å². The Hall–Kier alpha value is -0.580. The smallest absolute Gasteiger partial charge is 0.0850 e. The van der Waals surface area contributed by atoms with Crippen molar-refractivity contribution in [3.63, 3.8) is 0 Å². The van der Waals surface area contributed by atoms with Crippen LogP contribution in [0.3, 0.4) is 0 Å². The Bertz CT molecular complexity index is 466. The monoisotopic (exact) mass is 313 g/mol. The third-order valence-corrected chi connectivity index (χ3v) is 4.96. The van der Waals surface area contributed by atoms with Gasteiger partial charge in [-0.2, -0.15) is 5.10 Å². The third kappa shape index (κ3) is 3.61. The van der Waals surface area contributed by atoms with Crippen molar-refractivity contribution >= 4 is 11.6 Å². The average Bonchev–Trinajstić information content (AvgIpc) is 3.01. The van der Waals surface area contributed by atoms with Gasteiger partial charge in [0.15, 0.2) is 0 Å². The summed E-state index contributed by atoms with van der Waals surface area (Å²) < 4.78 is 7.98. The third-order valence-electron chi connectivity index (χ3n) is 4.53. The van der Waals surface area contributed by atoms with E-state index in [2.05, 4.69) is 31.2 Å². The van der Waals surface area contributed by atoms with Gasteiger partial charge in [0.2, 0.25) is 0 Å². The molecule has 0 aliphatic carbocycles. The molecule has 2 rings (SSSR count). The predicted molar refractivity (Wildman–Crippen MR) is 87.0 cm³/mol. The van der Waals surface area contributed by atoms with Crippen molar-refractivity contribution in [2.45, 2.75) is 64.5 Å². The number of nitrogens with zero attached hydrogens (tertiary/aromatic N) is 2. The van der Waals surface area contributed by atoms with Crippen LogP contribution in [-0.2, 0) is 24.6 Å². The normalized spacial score (nSPS) is 23.7. The van der Waals surface area contributed by atoms with E-state index >= 15 is 0 Å². The van der Waals surface area contributed by atoms with Crippen molar-refractivity contribution in [1.29, 1.82) is 0 Å². The largest absolute Gasteiger partial charge is 0.374 e. The lowest BCUT2D eigenvalue weighted by molar-refractivity contribution is -0.0118. The van der Waals surface area contributed by atoms with E-state index in [0.717, 1.165) is 61.7 Å². The van der Waals surface area contributed by atoms with Gasteiger partial charge in [0.05, 0.1) is 22.0 Å². The Balaban J connectivity index is 2.20. The molecule has 2 heterocycles. The second-order valence-corrected chi connectivity index (χ2v) is 6.54. The van der Waals surface area contributed by atoms with E-state index in [0.29, 0.717) is 0 Å². The van der Waals surface area contributed by atoms with Gasteiger partial charge in [-0.25, -0.2) is 0 Å². The van der Waals surface area contributed by atoms with Crippen molar-refractivity contribution in [2.75, 3.05) is 13.2 Å². The molecule has 1 aliphatic heterocycles. The van der Waals surface area contributed by atoms with E-state index in [1.54, 1.807) is 0 Å². The summed E-state index contributed by atoms with van der Waals surface area (Å²) in [5, 5.41) is 9.01. The SMILES string of the molecule is CCCNC(Cc1c(Cl)c(CC)nn1C)C1(C)CCCO1. The zero-order valence-corrected chi connectivity index (χ0v) is 14.5. The zero-order chi connectivity index (χ0) is 15.5.